The molecule has 0 atom stereocenters. The third-order valence-corrected chi connectivity index (χ3v) is 5.73. The summed E-state index contributed by atoms with van der Waals surface area (Å²) in [7, 11) is 1.64. The van der Waals surface area contributed by atoms with Gasteiger partial charge in [0.2, 0.25) is 0 Å². The molecule has 4 aromatic rings. The van der Waals surface area contributed by atoms with E-state index < -0.39 is 0 Å². The van der Waals surface area contributed by atoms with E-state index in [0.717, 1.165) is 28.3 Å². The van der Waals surface area contributed by atoms with Gasteiger partial charge in [0.1, 0.15) is 5.75 Å². The predicted octanol–water partition coefficient (Wildman–Crippen LogP) is 4.71. The highest BCUT2D eigenvalue weighted by Gasteiger charge is 2.12. The minimum atomic E-state index is -0.195. The van der Waals surface area contributed by atoms with Crippen LogP contribution in [0.1, 0.15) is 32.9 Å². The van der Waals surface area contributed by atoms with Gasteiger partial charge < -0.3 is 10.1 Å². The molecule has 164 valence electrons. The molecular formula is C24H24ClN5O2. The summed E-state index contributed by atoms with van der Waals surface area (Å²) in [6.07, 6.45) is 3.44. The number of anilines is 1. The summed E-state index contributed by atoms with van der Waals surface area (Å²) in [6.45, 7) is 4.93. The molecule has 8 heteroatoms. The molecule has 0 fully saturated rings. The molecule has 1 amide bonds. The third kappa shape index (κ3) is 4.84. The fourth-order valence-electron chi connectivity index (χ4n) is 3.49. The molecule has 2 aromatic heterocycles. The second-order valence-electron chi connectivity index (χ2n) is 7.58. The van der Waals surface area contributed by atoms with Gasteiger partial charge in [-0.2, -0.15) is 10.2 Å². The maximum atomic E-state index is 12.8. The number of benzene rings is 2. The Balaban J connectivity index is 1.43. The lowest BCUT2D eigenvalue weighted by molar-refractivity contribution is 0.102. The Hall–Kier alpha value is -3.58. The Morgan fingerprint density at radius 2 is 1.84 bits per heavy atom. The van der Waals surface area contributed by atoms with Crippen molar-refractivity contribution in [1.29, 1.82) is 0 Å². The number of nitrogens with zero attached hydrogens (tertiary/aromatic N) is 4. The van der Waals surface area contributed by atoms with Gasteiger partial charge >= 0.3 is 0 Å². The number of carbonyl (C=O) groups excluding carboxylic acids is 1. The smallest absolute Gasteiger partial charge is 0.255 e. The molecule has 0 radical (unpaired) electrons. The number of rotatable bonds is 7. The maximum absolute atomic E-state index is 12.8. The summed E-state index contributed by atoms with van der Waals surface area (Å²) in [6, 6.07) is 15.3. The number of ether oxygens (including phenoxy) is 1. The molecule has 1 N–H and O–H groups in total. The average molecular weight is 450 g/mol. The van der Waals surface area contributed by atoms with Crippen LogP contribution in [0.4, 0.5) is 5.69 Å². The summed E-state index contributed by atoms with van der Waals surface area (Å²) in [5, 5.41) is 12.4. The van der Waals surface area contributed by atoms with Crippen molar-refractivity contribution in [3.63, 3.8) is 0 Å². The second kappa shape index (κ2) is 9.28. The van der Waals surface area contributed by atoms with E-state index >= 15 is 0 Å². The standard InChI is InChI=1S/C24H24ClN5O2/c1-16-23(25)17(2)30(28-16)14-18-6-4-8-20(10-18)24(31)27-21-12-26-29(15-21)13-19-7-5-9-22(11-19)32-3/h4-12,15H,13-14H2,1-3H3,(H,27,31). The minimum Gasteiger partial charge on any atom is -0.497 e. The molecule has 0 bridgehead atoms. The van der Waals surface area contributed by atoms with E-state index in [1.54, 1.807) is 30.3 Å². The summed E-state index contributed by atoms with van der Waals surface area (Å²) in [5.41, 5.74) is 4.92. The van der Waals surface area contributed by atoms with Gasteiger partial charge in [0.05, 0.1) is 48.5 Å². The van der Waals surface area contributed by atoms with Crippen LogP contribution >= 0.6 is 11.6 Å². The number of amides is 1. The molecule has 0 saturated carbocycles. The number of hydrogen-bond donors (Lipinski definition) is 1. The van der Waals surface area contributed by atoms with Gasteiger partial charge in [0.15, 0.2) is 0 Å². The average Bonchev–Trinajstić information content (AvgIpc) is 3.33. The third-order valence-electron chi connectivity index (χ3n) is 5.18. The van der Waals surface area contributed by atoms with Crippen LogP contribution in [0.5, 0.6) is 5.75 Å². The Bertz CT molecular complexity index is 1260. The quantitative estimate of drug-likeness (QED) is 0.443. The number of methoxy groups -OCH3 is 1. The molecule has 0 aliphatic heterocycles. The van der Waals surface area contributed by atoms with Gasteiger partial charge in [-0.1, -0.05) is 35.9 Å². The van der Waals surface area contributed by atoms with Crippen molar-refractivity contribution in [2.75, 3.05) is 12.4 Å². The van der Waals surface area contributed by atoms with Crippen LogP contribution in [0.15, 0.2) is 60.9 Å². The molecule has 32 heavy (non-hydrogen) atoms. The zero-order chi connectivity index (χ0) is 22.7. The SMILES string of the molecule is COc1cccc(Cn2cc(NC(=O)c3cccc(Cn4nc(C)c(Cl)c4C)c3)cn2)c1. The fraction of sp³-hybridized carbons (Fsp3) is 0.208. The van der Waals surface area contributed by atoms with E-state index in [1.165, 1.54) is 0 Å². The van der Waals surface area contributed by atoms with Gasteiger partial charge in [0.25, 0.3) is 5.91 Å². The van der Waals surface area contributed by atoms with Crippen molar-refractivity contribution in [1.82, 2.24) is 19.6 Å². The Kier molecular flexibility index (Phi) is 6.28. The topological polar surface area (TPSA) is 74.0 Å². The van der Waals surface area contributed by atoms with E-state index in [4.69, 9.17) is 16.3 Å². The number of carbonyl (C=O) groups is 1. The highest BCUT2D eigenvalue weighted by molar-refractivity contribution is 6.31. The van der Waals surface area contributed by atoms with Gasteiger partial charge in [-0.25, -0.2) is 0 Å². The van der Waals surface area contributed by atoms with Gasteiger partial charge in [-0.3, -0.25) is 14.2 Å². The molecule has 0 saturated heterocycles. The first-order chi connectivity index (χ1) is 15.4. The Labute approximate surface area is 191 Å². The highest BCUT2D eigenvalue weighted by Crippen LogP contribution is 2.20. The van der Waals surface area contributed by atoms with Crippen molar-refractivity contribution >= 4 is 23.2 Å². The zero-order valence-corrected chi connectivity index (χ0v) is 18.9. The number of aromatic nitrogens is 4. The molecule has 2 aromatic carbocycles. The Morgan fingerprint density at radius 3 is 2.56 bits per heavy atom. The maximum Gasteiger partial charge on any atom is 0.255 e. The number of aryl methyl sites for hydroxylation is 1. The summed E-state index contributed by atoms with van der Waals surface area (Å²) < 4.78 is 8.88. The molecular weight excluding hydrogens is 426 g/mol. The van der Waals surface area contributed by atoms with Gasteiger partial charge in [-0.15, -0.1) is 0 Å². The number of halogens is 1. The van der Waals surface area contributed by atoms with Crippen LogP contribution in [-0.2, 0) is 13.1 Å². The largest absolute Gasteiger partial charge is 0.497 e. The minimum absolute atomic E-state index is 0.195. The highest BCUT2D eigenvalue weighted by atomic mass is 35.5. The van der Waals surface area contributed by atoms with Crippen LogP contribution < -0.4 is 10.1 Å². The van der Waals surface area contributed by atoms with E-state index in [-0.39, 0.29) is 5.91 Å². The zero-order valence-electron chi connectivity index (χ0n) is 18.2. The summed E-state index contributed by atoms with van der Waals surface area (Å²) >= 11 is 6.24. The van der Waals surface area contributed by atoms with E-state index in [9.17, 15) is 4.79 Å². The molecule has 0 unspecified atom stereocenters. The monoisotopic (exact) mass is 449 g/mol. The molecule has 7 nitrogen and oxygen atoms in total. The van der Waals surface area contributed by atoms with Crippen molar-refractivity contribution in [2.45, 2.75) is 26.9 Å². The van der Waals surface area contributed by atoms with Crippen molar-refractivity contribution < 1.29 is 9.53 Å². The number of nitrogens with one attached hydrogen (secondary N) is 1. The number of hydrogen-bond acceptors (Lipinski definition) is 4. The van der Waals surface area contributed by atoms with Gasteiger partial charge in [0, 0.05) is 11.8 Å². The lowest BCUT2D eigenvalue weighted by Gasteiger charge is -2.08. The van der Waals surface area contributed by atoms with Crippen LogP contribution in [-0.4, -0.2) is 32.6 Å². The van der Waals surface area contributed by atoms with Crippen LogP contribution in [0.3, 0.4) is 0 Å². The molecule has 0 aliphatic rings. The van der Waals surface area contributed by atoms with E-state index in [2.05, 4.69) is 15.5 Å². The Morgan fingerprint density at radius 1 is 1.09 bits per heavy atom. The first-order valence-electron chi connectivity index (χ1n) is 10.2. The molecule has 0 aliphatic carbocycles. The normalized spacial score (nSPS) is 10.9. The van der Waals surface area contributed by atoms with Crippen molar-refractivity contribution in [3.8, 4) is 5.75 Å². The second-order valence-corrected chi connectivity index (χ2v) is 7.95. The summed E-state index contributed by atoms with van der Waals surface area (Å²) in [4.78, 5) is 12.8. The lowest BCUT2D eigenvalue weighted by atomic mass is 10.1. The molecule has 0 spiro atoms. The molecule has 2 heterocycles. The van der Waals surface area contributed by atoms with Crippen molar-refractivity contribution in [3.05, 3.63) is 94.0 Å². The van der Waals surface area contributed by atoms with E-state index in [1.807, 2.05) is 61.0 Å². The molecule has 4 rings (SSSR count). The van der Waals surface area contributed by atoms with Crippen LogP contribution in [0, 0.1) is 13.8 Å². The lowest BCUT2D eigenvalue weighted by Crippen LogP contribution is -2.12. The van der Waals surface area contributed by atoms with E-state index in [0.29, 0.717) is 29.4 Å². The predicted molar refractivity (Wildman–Crippen MR) is 125 cm³/mol. The van der Waals surface area contributed by atoms with Crippen molar-refractivity contribution in [2.24, 2.45) is 0 Å². The van der Waals surface area contributed by atoms with Crippen LogP contribution in [0.2, 0.25) is 5.02 Å². The summed E-state index contributed by atoms with van der Waals surface area (Å²) in [5.74, 6) is 0.602. The van der Waals surface area contributed by atoms with Crippen LogP contribution in [0.25, 0.3) is 0 Å². The first-order valence-corrected chi connectivity index (χ1v) is 10.6. The fourth-order valence-corrected chi connectivity index (χ4v) is 3.62. The first kappa shape index (κ1) is 21.6. The van der Waals surface area contributed by atoms with Gasteiger partial charge in [-0.05, 0) is 49.2 Å².